The molecule has 0 saturated heterocycles. The monoisotopic (exact) mass is 834 g/mol. The van der Waals surface area contributed by atoms with Crippen LogP contribution in [-0.4, -0.2) is 11.9 Å². The number of nitrogens with zero attached hydrogens (tertiary/aromatic N) is 2. The second-order valence-corrected chi connectivity index (χ2v) is 16.0. The first kappa shape index (κ1) is 50.6. The zero-order valence-corrected chi connectivity index (χ0v) is 33.5. The summed E-state index contributed by atoms with van der Waals surface area (Å²) in [6, 6.07) is 53.4. The fourth-order valence-corrected chi connectivity index (χ4v) is 12.0. The van der Waals surface area contributed by atoms with E-state index in [0.717, 1.165) is 0 Å². The quantitative estimate of drug-likeness (QED) is 0.105. The largest absolute Gasteiger partial charge is 0.222 e. The van der Waals surface area contributed by atoms with Crippen molar-refractivity contribution in [3.63, 3.8) is 0 Å². The van der Waals surface area contributed by atoms with Gasteiger partial charge in [-0.25, -0.2) is 18.6 Å². The molecule has 55 heavy (non-hydrogen) atoms. The van der Waals surface area contributed by atoms with Gasteiger partial charge in [0.05, 0.1) is 0 Å². The summed E-state index contributed by atoms with van der Waals surface area (Å²) >= 11 is 0. The fraction of sp³-hybridized carbons (Fsp3) is 0.0732. The van der Waals surface area contributed by atoms with Crippen LogP contribution in [0.1, 0.15) is 12.5 Å². The van der Waals surface area contributed by atoms with E-state index in [1.807, 2.05) is 0 Å². The third-order valence-corrected chi connectivity index (χ3v) is 13.0. The molecule has 14 heteroatoms. The van der Waals surface area contributed by atoms with Gasteiger partial charge in [0.15, 0.2) is 0 Å². The molecule has 0 amide bonds. The van der Waals surface area contributed by atoms with Gasteiger partial charge >= 0.3 is 45.2 Å². The van der Waals surface area contributed by atoms with Crippen LogP contribution in [-0.2, 0) is 35.7 Å². The smallest absolute Gasteiger partial charge is 0 e. The minimum atomic E-state index is -4.94. The Morgan fingerprint density at radius 1 is 0.509 bits per heavy atom. The molecule has 6 rings (SSSR count). The summed E-state index contributed by atoms with van der Waals surface area (Å²) in [5, 5.41) is 6.91. The molecular weight excluding hydrogens is 801 g/mol. The van der Waals surface area contributed by atoms with Crippen molar-refractivity contribution in [2.75, 3.05) is 11.9 Å². The van der Waals surface area contributed by atoms with Crippen LogP contribution in [0.25, 0.3) is 0 Å². The molecule has 0 unspecified atom stereocenters. The minimum Gasteiger partial charge on any atom is -0.222 e. The second kappa shape index (κ2) is 27.3. The number of aryl methyl sites for hydroxylation is 1. The van der Waals surface area contributed by atoms with Crippen molar-refractivity contribution in [3.8, 4) is 0 Å². The molecule has 1 aliphatic heterocycles. The molecule has 0 saturated carbocycles. The number of rotatable bonds is 7. The van der Waals surface area contributed by atoms with Crippen LogP contribution in [0.5, 0.6) is 0 Å². The van der Waals surface area contributed by atoms with Gasteiger partial charge in [-0.1, -0.05) is 139 Å². The second-order valence-electron chi connectivity index (χ2n) is 10.6. The molecule has 0 fully saturated rings. The average molecular weight is 835 g/mol. The van der Waals surface area contributed by atoms with Crippen LogP contribution in [0, 0.1) is 43.8 Å². The van der Waals surface area contributed by atoms with Crippen LogP contribution in [0.2, 0.25) is 0 Å². The van der Waals surface area contributed by atoms with Crippen LogP contribution in [0.15, 0.2) is 168 Å². The Morgan fingerprint density at radius 3 is 1.05 bits per heavy atom. The molecule has 5 aromatic rings. The van der Waals surface area contributed by atoms with Gasteiger partial charge in [-0.05, 0) is 63.0 Å². The Labute approximate surface area is 337 Å². The molecule has 5 aromatic carbocycles. The number of allylic oxidation sites excluding steroid dienone is 1. The number of hydrogen-bond donors (Lipinski definition) is 0. The maximum Gasteiger partial charge on any atom is 0 e. The predicted molar refractivity (Wildman–Crippen MR) is 196 cm³/mol. The van der Waals surface area contributed by atoms with E-state index in [4.69, 9.17) is 37.2 Å². The number of anilines is 1. The van der Waals surface area contributed by atoms with Crippen LogP contribution in [0.3, 0.4) is 0 Å². The molecule has 1 radical (unpaired) electrons. The van der Waals surface area contributed by atoms with E-state index >= 15 is 0 Å². The van der Waals surface area contributed by atoms with Gasteiger partial charge in [0.25, 0.3) is 0 Å². The first-order valence-corrected chi connectivity index (χ1v) is 19.3. The third-order valence-electron chi connectivity index (χ3n) is 7.25. The van der Waals surface area contributed by atoms with E-state index in [2.05, 4.69) is 209 Å². The predicted octanol–water partition coefficient (Wildman–Crippen LogP) is 3.09. The number of hydrogen-bond acceptors (Lipinski definition) is 6. The molecule has 1 aliphatic rings. The molecule has 0 bridgehead atoms. The normalized spacial score (nSPS) is 11.1. The summed E-state index contributed by atoms with van der Waals surface area (Å²) in [6.07, 6.45) is 2.28. The van der Waals surface area contributed by atoms with Gasteiger partial charge in [-0.3, -0.25) is 4.90 Å². The Bertz CT molecular complexity index is 1780. The zero-order valence-electron chi connectivity index (χ0n) is 29.7. The Morgan fingerprint density at radius 2 is 0.782 bits per heavy atom. The SMILES string of the molecule is CC1=CN(C)C(=C(P(c2ccccc2)c2ccccc2)P(c2ccccc2)c2ccccc2)N1c1ccc(C)cc1.[C-]#[O+].[C-]#[O+].[C-]#[O+].[C-]#[O+].[Mn].[O-][Cl+3]([O-])([O-])[O-]. The van der Waals surface area contributed by atoms with Gasteiger partial charge in [-0.2, -0.15) is 0 Å². The van der Waals surface area contributed by atoms with Crippen molar-refractivity contribution in [1.29, 1.82) is 0 Å². The first-order valence-electron chi connectivity index (χ1n) is 15.4. The molecule has 10 nitrogen and oxygen atoms in total. The molecule has 0 aromatic heterocycles. The number of halogens is 1. The molecule has 0 spiro atoms. The summed E-state index contributed by atoms with van der Waals surface area (Å²) in [7, 11) is -4.51. The molecule has 0 aliphatic carbocycles. The van der Waals surface area contributed by atoms with E-state index in [1.165, 1.54) is 49.0 Å². The Kier molecular flexibility index (Phi) is 25.1. The summed E-state index contributed by atoms with van der Waals surface area (Å²) in [5.41, 5.74) is 3.67. The molecule has 0 atom stereocenters. The van der Waals surface area contributed by atoms with Gasteiger partial charge in [0.2, 0.25) is 0 Å². The molecule has 281 valence electrons. The Hall–Kier alpha value is -4.35. The molecule has 0 N–H and O–H groups in total. The van der Waals surface area contributed by atoms with Crippen molar-refractivity contribution in [1.82, 2.24) is 4.90 Å². The summed E-state index contributed by atoms with van der Waals surface area (Å²) < 4.78 is 64.0. The fourth-order valence-electron chi connectivity index (χ4n) is 5.40. The van der Waals surface area contributed by atoms with Gasteiger partial charge in [0, 0.05) is 46.8 Å². The summed E-state index contributed by atoms with van der Waals surface area (Å²) in [5.74, 6) is 1.25. The van der Waals surface area contributed by atoms with Crippen LogP contribution >= 0.6 is 15.8 Å². The van der Waals surface area contributed by atoms with Crippen LogP contribution in [0.4, 0.5) is 5.69 Å². The van der Waals surface area contributed by atoms with Crippen LogP contribution < -0.4 is 44.8 Å². The van der Waals surface area contributed by atoms with Gasteiger partial charge < -0.3 is 4.90 Å². The topological polar surface area (TPSA) is 178 Å². The van der Waals surface area contributed by atoms with Crippen molar-refractivity contribution in [2.24, 2.45) is 0 Å². The van der Waals surface area contributed by atoms with Gasteiger partial charge in [0.1, 0.15) is 5.82 Å². The number of benzene rings is 5. The van der Waals surface area contributed by atoms with Crippen molar-refractivity contribution in [2.45, 2.75) is 13.8 Å². The van der Waals surface area contributed by atoms with Crippen molar-refractivity contribution in [3.05, 3.63) is 201 Å². The van der Waals surface area contributed by atoms with E-state index in [1.54, 1.807) is 0 Å². The van der Waals surface area contributed by atoms with E-state index in [-0.39, 0.29) is 17.1 Å². The van der Waals surface area contributed by atoms with E-state index in [9.17, 15) is 0 Å². The van der Waals surface area contributed by atoms with Crippen molar-refractivity contribution >= 4 is 42.7 Å². The maximum absolute atomic E-state index is 8.49. The first-order chi connectivity index (χ1) is 26.1. The average Bonchev–Trinajstić information content (AvgIpc) is 3.51. The minimum absolute atomic E-state index is 0. The van der Waals surface area contributed by atoms with Crippen molar-refractivity contribution < 1.29 is 64.6 Å². The summed E-state index contributed by atoms with van der Waals surface area (Å²) in [4.78, 5) is 4.82. The summed E-state index contributed by atoms with van der Waals surface area (Å²) in [6.45, 7) is 22.4. The third kappa shape index (κ3) is 15.4. The molecule has 1 heterocycles. The van der Waals surface area contributed by atoms with E-state index < -0.39 is 26.1 Å². The standard InChI is InChI=1S/C37H34N2P2.4CO.ClHO4.Mn/c1-29-24-26-31(27-25-29)39-30(2)28-38(3)36(39)37(40(32-16-8-4-9-17-32)33-18-10-5-11-19-33)41(34-20-12-6-13-21-34)35-22-14-7-15-23-35;4*1-2;2-1(3,4)5;/h4-28H,1-3H3;;;;;(H,2,3,4,5);/p-1. The molecular formula is C41H34ClMnN2O8P2-. The van der Waals surface area contributed by atoms with Gasteiger partial charge in [-0.15, -0.1) is 10.2 Å². The zero-order chi connectivity index (χ0) is 40.7. The maximum atomic E-state index is 8.49. The van der Waals surface area contributed by atoms with E-state index in [0.29, 0.717) is 0 Å². The Balaban J connectivity index is 0.00000186.